The molecule has 0 spiro atoms. The lowest BCUT2D eigenvalue weighted by Crippen LogP contribution is -2.61. The first-order valence-corrected chi connectivity index (χ1v) is 25.5. The molecule has 460 valence electrons. The summed E-state index contributed by atoms with van der Waals surface area (Å²) >= 11 is 0. The fourth-order valence-electron chi connectivity index (χ4n) is 12.0. The monoisotopic (exact) mass is 1290 g/mol. The van der Waals surface area contributed by atoms with Crippen LogP contribution in [0.25, 0.3) is 27.9 Å². The number of aliphatic imine (C=N–C) groups is 3. The molecule has 2 unspecified atom stereocenters. The summed E-state index contributed by atoms with van der Waals surface area (Å²) in [5.41, 5.74) is -29.4. The molecule has 15 rings (SSSR count). The maximum Gasteiger partial charge on any atom is 0.200 e. The zero-order valence-corrected chi connectivity index (χ0v) is 43.7. The number of amidine groups is 1. The van der Waals surface area contributed by atoms with Crippen LogP contribution in [0.5, 0.6) is 0 Å². The van der Waals surface area contributed by atoms with Crippen LogP contribution in [0, 0.1) is 145 Å². The van der Waals surface area contributed by atoms with Crippen LogP contribution in [0.4, 0.5) is 110 Å². The third kappa shape index (κ3) is 7.53. The summed E-state index contributed by atoms with van der Waals surface area (Å²) in [4.78, 5) is 16.4. The molecule has 1 aromatic heterocycles. The molecule has 0 amide bonds. The van der Waals surface area contributed by atoms with Crippen molar-refractivity contribution < 1.29 is 110 Å². The van der Waals surface area contributed by atoms with Crippen molar-refractivity contribution in [1.29, 1.82) is 0 Å². The average Bonchev–Trinajstić information content (AvgIpc) is 1.60. The molecule has 6 nitrogen and oxygen atoms in total. The largest absolute Gasteiger partial charge is 0.354 e. The Morgan fingerprint density at radius 3 is 1.09 bits per heavy atom. The molecule has 1 N–H and O–H groups in total. The zero-order chi connectivity index (χ0) is 64.9. The zero-order valence-electron chi connectivity index (χ0n) is 43.7. The number of benzene rings is 5. The maximum absolute atomic E-state index is 17.1. The smallest absolute Gasteiger partial charge is 0.200 e. The molecule has 90 heavy (non-hydrogen) atoms. The number of hydrogen-bond donors (Lipinski definition) is 1. The highest BCUT2D eigenvalue weighted by atomic mass is 19.2. The first kappa shape index (κ1) is 59.3. The van der Waals surface area contributed by atoms with E-state index >= 15 is 105 Å². The number of nitrogens with zero attached hydrogens (tertiary/aromatic N) is 5. The number of likely N-dealkylation sites (N-methyl/N-ethyl adjacent to an activating group) is 1. The van der Waals surface area contributed by atoms with E-state index in [1.807, 2.05) is 0 Å². The predicted molar refractivity (Wildman–Crippen MR) is 264 cm³/mol. The number of aromatic amines is 1. The van der Waals surface area contributed by atoms with Crippen molar-refractivity contribution in [3.05, 3.63) is 260 Å². The highest BCUT2D eigenvalue weighted by Gasteiger charge is 2.59. The van der Waals surface area contributed by atoms with Gasteiger partial charge < -0.3 is 9.88 Å². The van der Waals surface area contributed by atoms with Gasteiger partial charge >= 0.3 is 0 Å². The van der Waals surface area contributed by atoms with Crippen LogP contribution >= 0.6 is 0 Å². The molecule has 2 aliphatic carbocycles. The summed E-state index contributed by atoms with van der Waals surface area (Å²) in [5, 5.41) is -2.38. The van der Waals surface area contributed by atoms with E-state index in [0.717, 1.165) is 4.90 Å². The normalized spacial score (nSPS) is 18.2. The van der Waals surface area contributed by atoms with E-state index in [2.05, 4.69) is 20.0 Å². The summed E-state index contributed by atoms with van der Waals surface area (Å²) in [6, 6.07) is -3.79. The van der Waals surface area contributed by atoms with Gasteiger partial charge in [0.1, 0.15) is 11.9 Å². The summed E-state index contributed by atoms with van der Waals surface area (Å²) in [6.07, 6.45) is 2.34. The number of halogens is 25. The SMILES string of the molecule is CCN(CC)C1C2=C(c3c(F)c(F)c(F)c(F)c3F)C3=C4C5=C(N=C6C(c7c(F)c(F)c(F)c(F)c7F)=C7C=CC(=N7)C(c7c(F)c(F)c(F)c(F)c7F)=c7ccc([nH]7)=C(c7c(F)c(F)c(F)c(F)c7F)C(=N3)N5C64)C(c3c(F)c(F)c(F)c(F)c3F)=C1C=C2. The minimum Gasteiger partial charge on any atom is -0.354 e. The van der Waals surface area contributed by atoms with E-state index in [1.54, 1.807) is 0 Å². The van der Waals surface area contributed by atoms with Crippen LogP contribution < -0.4 is 10.7 Å². The van der Waals surface area contributed by atoms with Gasteiger partial charge in [0.15, 0.2) is 116 Å². The minimum atomic E-state index is -2.95. The van der Waals surface area contributed by atoms with Crippen molar-refractivity contribution in [3.8, 4) is 0 Å². The van der Waals surface area contributed by atoms with Crippen molar-refractivity contribution in [2.75, 3.05) is 13.1 Å². The van der Waals surface area contributed by atoms with Crippen LogP contribution in [-0.4, -0.2) is 57.2 Å². The summed E-state index contributed by atoms with van der Waals surface area (Å²) in [5.74, 6) is -72.5. The highest BCUT2D eigenvalue weighted by molar-refractivity contribution is 6.38. The Hall–Kier alpha value is -9.68. The Morgan fingerprint density at radius 2 is 0.700 bits per heavy atom. The third-order valence-electron chi connectivity index (χ3n) is 15.9. The van der Waals surface area contributed by atoms with Crippen molar-refractivity contribution in [1.82, 2.24) is 14.8 Å². The number of fused-ring (bicyclic) bond motifs is 5. The molecule has 5 aromatic carbocycles. The Balaban J connectivity index is 1.36. The van der Waals surface area contributed by atoms with Gasteiger partial charge in [0, 0.05) is 33.2 Å². The van der Waals surface area contributed by atoms with Gasteiger partial charge in [0.05, 0.1) is 79.0 Å². The van der Waals surface area contributed by atoms with Gasteiger partial charge in [-0.3, -0.25) is 4.90 Å². The van der Waals surface area contributed by atoms with Crippen LogP contribution in [0.2, 0.25) is 0 Å². The molecule has 9 aliphatic rings. The van der Waals surface area contributed by atoms with Gasteiger partial charge in [-0.05, 0) is 48.5 Å². The van der Waals surface area contributed by atoms with Crippen LogP contribution in [0.1, 0.15) is 41.7 Å². The lowest BCUT2D eigenvalue weighted by Gasteiger charge is -2.55. The van der Waals surface area contributed by atoms with E-state index in [0.29, 0.717) is 41.3 Å². The maximum atomic E-state index is 17.1. The number of aromatic nitrogens is 1. The summed E-state index contributed by atoms with van der Waals surface area (Å²) in [7, 11) is 0. The fourth-order valence-corrected chi connectivity index (χ4v) is 12.0. The van der Waals surface area contributed by atoms with Gasteiger partial charge in [0.25, 0.3) is 0 Å². The Morgan fingerprint density at radius 1 is 0.367 bits per heavy atom. The number of H-pyrrole nitrogens is 1. The van der Waals surface area contributed by atoms with Crippen LogP contribution in [-0.2, 0) is 0 Å². The lowest BCUT2D eigenvalue weighted by molar-refractivity contribution is 0.279. The van der Waals surface area contributed by atoms with Crippen molar-refractivity contribution in [2.45, 2.75) is 25.9 Å². The quantitative estimate of drug-likeness (QED) is 0.0938. The van der Waals surface area contributed by atoms with Gasteiger partial charge in [-0.15, -0.1) is 0 Å². The van der Waals surface area contributed by atoms with E-state index in [-0.39, 0.29) is 0 Å². The topological polar surface area (TPSA) is 59.4 Å². The second-order valence-corrected chi connectivity index (χ2v) is 20.1. The number of allylic oxidation sites excluding steroid dienone is 4. The van der Waals surface area contributed by atoms with Crippen molar-refractivity contribution >= 4 is 45.1 Å². The number of rotatable bonds is 8. The molecule has 2 atom stereocenters. The lowest BCUT2D eigenvalue weighted by atomic mass is 9.73. The van der Waals surface area contributed by atoms with Gasteiger partial charge in [-0.25, -0.2) is 125 Å². The molecule has 7 aliphatic heterocycles. The molecule has 0 radical (unpaired) electrons. The summed E-state index contributed by atoms with van der Waals surface area (Å²) < 4.78 is 403. The molecule has 31 heteroatoms. The molecule has 6 aromatic rings. The second-order valence-electron chi connectivity index (χ2n) is 20.1. The van der Waals surface area contributed by atoms with Crippen LogP contribution in [0.15, 0.2) is 90.9 Å². The number of hydrogen-bond acceptors (Lipinski definition) is 5. The minimum absolute atomic E-state index is 0.343. The molecule has 1 saturated heterocycles. The van der Waals surface area contributed by atoms with E-state index in [1.165, 1.54) is 13.8 Å². The average molecular weight is 1290 g/mol. The van der Waals surface area contributed by atoms with Crippen molar-refractivity contribution in [3.63, 3.8) is 0 Å². The Bertz CT molecular complexity index is 4850. The molecular weight excluding hydrogens is 1270 g/mol. The van der Waals surface area contributed by atoms with E-state index in [4.69, 9.17) is 0 Å². The first-order chi connectivity index (χ1) is 42.5. The van der Waals surface area contributed by atoms with Gasteiger partial charge in [-0.2, -0.15) is 0 Å². The van der Waals surface area contributed by atoms with Gasteiger partial charge in [-0.1, -0.05) is 26.0 Å². The molecule has 8 heterocycles. The molecule has 1 fully saturated rings. The fraction of sp³-hybridized carbons (Fsp3) is 0.102. The first-order valence-electron chi connectivity index (χ1n) is 25.5. The van der Waals surface area contributed by atoms with Crippen molar-refractivity contribution in [2.24, 2.45) is 15.0 Å². The Kier molecular flexibility index (Phi) is 13.3. The molecule has 14 bridgehead atoms. The standard InChI is InChI=1S/C59H19F25N6/c1-3-89(4-2)56-11-5-6-12(56)18(23-30(62)40(72)49(81)41(73)31(23)63)54-57-27-53(17(11)22-28(60)38(70)48(80)39(71)29(22)61)88-59-21(26-36(68)46(78)52(84)47(79)37(26)69)16-10-8-14(86-16)19(24-32(64)42(74)50(82)43(75)33(24)65)13-7-9-15(85-13)20(55(87-54)58(27)90(57)59)25-34(66)44(76)51(83)45(77)35(25)67/h5-10,56,58,86H,3-4H2,1-2H3. The van der Waals surface area contributed by atoms with E-state index < -0.39 is 294 Å². The summed E-state index contributed by atoms with van der Waals surface area (Å²) in [6.45, 7) is 1.80. The van der Waals surface area contributed by atoms with E-state index in [9.17, 15) is 4.39 Å². The Labute approximate surface area is 482 Å². The third-order valence-corrected chi connectivity index (χ3v) is 15.9. The predicted octanol–water partition coefficient (Wildman–Crippen LogP) is 13.5. The molecule has 0 saturated carbocycles. The van der Waals surface area contributed by atoms with Crippen LogP contribution in [0.3, 0.4) is 0 Å². The van der Waals surface area contributed by atoms with Gasteiger partial charge in [0.2, 0.25) is 29.1 Å². The second kappa shape index (κ2) is 20.2. The highest BCUT2D eigenvalue weighted by Crippen LogP contribution is 2.60. The molecular formula is C59H19F25N6. The number of nitrogens with one attached hydrogen (secondary N) is 1.